The zero-order valence-corrected chi connectivity index (χ0v) is 13.7. The van der Waals surface area contributed by atoms with E-state index in [4.69, 9.17) is 18.0 Å². The number of aryl methyl sites for hydroxylation is 1. The van der Waals surface area contributed by atoms with Gasteiger partial charge in [0.1, 0.15) is 4.99 Å². The van der Waals surface area contributed by atoms with Crippen molar-refractivity contribution in [2.75, 3.05) is 7.05 Å². The molecule has 0 aliphatic heterocycles. The van der Waals surface area contributed by atoms with E-state index >= 15 is 0 Å². The molecule has 4 heteroatoms. The van der Waals surface area contributed by atoms with Gasteiger partial charge in [-0.15, -0.1) is 11.3 Å². The van der Waals surface area contributed by atoms with Gasteiger partial charge in [-0.05, 0) is 49.5 Å². The Kier molecular flexibility index (Phi) is 4.91. The highest BCUT2D eigenvalue weighted by atomic mass is 32.1. The molecule has 1 aromatic heterocycles. The Hall–Kier alpha value is -1.23. The Balaban J connectivity index is 2.11. The van der Waals surface area contributed by atoms with Crippen molar-refractivity contribution in [3.63, 3.8) is 0 Å². The molecule has 0 saturated heterocycles. The van der Waals surface area contributed by atoms with E-state index in [1.54, 1.807) is 11.3 Å². The number of hydrogen-bond acceptors (Lipinski definition) is 3. The molecule has 20 heavy (non-hydrogen) atoms. The molecule has 0 radical (unpaired) electrons. The average molecular weight is 304 g/mol. The second-order valence-corrected chi connectivity index (χ2v) is 6.53. The third-order valence-corrected chi connectivity index (χ3v) is 4.94. The summed E-state index contributed by atoms with van der Waals surface area (Å²) >= 11 is 6.82. The number of thiocarbonyl (C=S) groups is 1. The normalized spacial score (nSPS) is 12.6. The fourth-order valence-electron chi connectivity index (χ4n) is 2.18. The zero-order valence-electron chi connectivity index (χ0n) is 12.1. The first-order chi connectivity index (χ1) is 9.49. The van der Waals surface area contributed by atoms with Crippen molar-refractivity contribution in [1.82, 2.24) is 4.90 Å². The Morgan fingerprint density at radius 3 is 2.70 bits per heavy atom. The molecular formula is C16H20N2S2. The summed E-state index contributed by atoms with van der Waals surface area (Å²) in [5.74, 6) is 0. The summed E-state index contributed by atoms with van der Waals surface area (Å²) in [6.45, 7) is 5.27. The van der Waals surface area contributed by atoms with Gasteiger partial charge >= 0.3 is 0 Å². The number of benzene rings is 1. The second kappa shape index (κ2) is 6.48. The predicted molar refractivity (Wildman–Crippen MR) is 91.3 cm³/mol. The standard InChI is InChI=1S/C16H20N2S2/c1-11-9-13(16(17)19)6-7-14(11)10-18(3)12(2)15-5-4-8-20-15/h4-9,12H,10H2,1-3H3,(H2,17,19). The highest BCUT2D eigenvalue weighted by Gasteiger charge is 2.14. The van der Waals surface area contributed by atoms with E-state index in [2.05, 4.69) is 55.4 Å². The van der Waals surface area contributed by atoms with Crippen LogP contribution in [0.25, 0.3) is 0 Å². The van der Waals surface area contributed by atoms with Crippen molar-refractivity contribution in [1.29, 1.82) is 0 Å². The van der Waals surface area contributed by atoms with Crippen molar-refractivity contribution in [2.24, 2.45) is 5.73 Å². The maximum absolute atomic E-state index is 5.67. The minimum Gasteiger partial charge on any atom is -0.389 e. The Bertz CT molecular complexity index is 591. The molecule has 2 rings (SSSR count). The summed E-state index contributed by atoms with van der Waals surface area (Å²) in [6.07, 6.45) is 0. The van der Waals surface area contributed by atoms with Crippen molar-refractivity contribution >= 4 is 28.5 Å². The number of nitrogens with zero attached hydrogens (tertiary/aromatic N) is 1. The molecule has 0 spiro atoms. The van der Waals surface area contributed by atoms with E-state index in [1.807, 2.05) is 6.07 Å². The van der Waals surface area contributed by atoms with Gasteiger partial charge < -0.3 is 5.73 Å². The molecule has 1 atom stereocenters. The Morgan fingerprint density at radius 1 is 1.40 bits per heavy atom. The third kappa shape index (κ3) is 3.45. The topological polar surface area (TPSA) is 29.3 Å². The van der Waals surface area contributed by atoms with Crippen LogP contribution in [0.2, 0.25) is 0 Å². The molecule has 1 heterocycles. The van der Waals surface area contributed by atoms with E-state index in [0.717, 1.165) is 12.1 Å². The Labute approximate surface area is 130 Å². The van der Waals surface area contributed by atoms with E-state index in [9.17, 15) is 0 Å². The van der Waals surface area contributed by atoms with Crippen LogP contribution in [0.4, 0.5) is 0 Å². The lowest BCUT2D eigenvalue weighted by Crippen LogP contribution is -2.22. The van der Waals surface area contributed by atoms with E-state index in [1.165, 1.54) is 16.0 Å². The van der Waals surface area contributed by atoms with Gasteiger partial charge in [0, 0.05) is 23.0 Å². The SMILES string of the molecule is Cc1cc(C(N)=S)ccc1CN(C)C(C)c1cccs1. The van der Waals surface area contributed by atoms with Crippen LogP contribution in [0.5, 0.6) is 0 Å². The largest absolute Gasteiger partial charge is 0.389 e. The van der Waals surface area contributed by atoms with Crippen LogP contribution < -0.4 is 5.73 Å². The van der Waals surface area contributed by atoms with Gasteiger partial charge in [0.25, 0.3) is 0 Å². The van der Waals surface area contributed by atoms with Gasteiger partial charge in [-0.2, -0.15) is 0 Å². The van der Waals surface area contributed by atoms with Gasteiger partial charge in [-0.1, -0.05) is 30.4 Å². The van der Waals surface area contributed by atoms with Crippen LogP contribution >= 0.6 is 23.6 Å². The van der Waals surface area contributed by atoms with Gasteiger partial charge in [-0.3, -0.25) is 4.90 Å². The average Bonchev–Trinajstić information content (AvgIpc) is 2.93. The highest BCUT2D eigenvalue weighted by molar-refractivity contribution is 7.80. The predicted octanol–water partition coefficient (Wildman–Crippen LogP) is 3.88. The molecule has 0 saturated carbocycles. The molecule has 106 valence electrons. The maximum Gasteiger partial charge on any atom is 0.103 e. The van der Waals surface area contributed by atoms with Crippen LogP contribution in [0.1, 0.15) is 34.5 Å². The molecule has 1 aromatic carbocycles. The highest BCUT2D eigenvalue weighted by Crippen LogP contribution is 2.25. The van der Waals surface area contributed by atoms with Gasteiger partial charge in [-0.25, -0.2) is 0 Å². The van der Waals surface area contributed by atoms with Crippen LogP contribution in [0.3, 0.4) is 0 Å². The molecule has 2 nitrogen and oxygen atoms in total. The summed E-state index contributed by atoms with van der Waals surface area (Å²) in [6, 6.07) is 10.9. The molecule has 1 unspecified atom stereocenters. The molecule has 0 bridgehead atoms. The first-order valence-corrected chi connectivity index (χ1v) is 7.91. The maximum atomic E-state index is 5.67. The fraction of sp³-hybridized carbons (Fsp3) is 0.312. The van der Waals surface area contributed by atoms with Crippen LogP contribution in [0.15, 0.2) is 35.7 Å². The minimum atomic E-state index is 0.421. The monoisotopic (exact) mass is 304 g/mol. The van der Waals surface area contributed by atoms with Gasteiger partial charge in [0.15, 0.2) is 0 Å². The summed E-state index contributed by atoms with van der Waals surface area (Å²) in [7, 11) is 2.16. The second-order valence-electron chi connectivity index (χ2n) is 5.11. The summed E-state index contributed by atoms with van der Waals surface area (Å²) < 4.78 is 0. The number of nitrogens with two attached hydrogens (primary N) is 1. The minimum absolute atomic E-state index is 0.421. The molecule has 2 N–H and O–H groups in total. The lowest BCUT2D eigenvalue weighted by molar-refractivity contribution is 0.256. The lowest BCUT2D eigenvalue weighted by atomic mass is 10.0. The molecule has 0 amide bonds. The van der Waals surface area contributed by atoms with Crippen LogP contribution in [-0.4, -0.2) is 16.9 Å². The third-order valence-electron chi connectivity index (χ3n) is 3.66. The number of rotatable bonds is 5. The van der Waals surface area contributed by atoms with Crippen molar-refractivity contribution in [3.05, 3.63) is 57.3 Å². The van der Waals surface area contributed by atoms with Crippen molar-refractivity contribution < 1.29 is 0 Å². The lowest BCUT2D eigenvalue weighted by Gasteiger charge is -2.24. The summed E-state index contributed by atoms with van der Waals surface area (Å²) in [5.41, 5.74) is 9.16. The number of thiophene rings is 1. The smallest absolute Gasteiger partial charge is 0.103 e. The van der Waals surface area contributed by atoms with Crippen molar-refractivity contribution in [3.8, 4) is 0 Å². The van der Waals surface area contributed by atoms with Crippen LogP contribution in [0, 0.1) is 6.92 Å². The van der Waals surface area contributed by atoms with Gasteiger partial charge in [0.05, 0.1) is 0 Å². The first-order valence-electron chi connectivity index (χ1n) is 6.62. The van der Waals surface area contributed by atoms with Crippen LogP contribution in [-0.2, 0) is 6.54 Å². The first kappa shape index (κ1) is 15.2. The van der Waals surface area contributed by atoms with E-state index in [0.29, 0.717) is 11.0 Å². The quantitative estimate of drug-likeness (QED) is 0.850. The summed E-state index contributed by atoms with van der Waals surface area (Å²) in [4.78, 5) is 4.21. The molecule has 0 fully saturated rings. The zero-order chi connectivity index (χ0) is 14.7. The van der Waals surface area contributed by atoms with Gasteiger partial charge in [0.2, 0.25) is 0 Å². The molecule has 0 aliphatic rings. The fourth-order valence-corrected chi connectivity index (χ4v) is 3.15. The summed E-state index contributed by atoms with van der Waals surface area (Å²) in [5, 5.41) is 2.13. The molecule has 2 aromatic rings. The van der Waals surface area contributed by atoms with E-state index in [-0.39, 0.29) is 0 Å². The number of hydrogen-bond donors (Lipinski definition) is 1. The Morgan fingerprint density at radius 2 is 2.15 bits per heavy atom. The van der Waals surface area contributed by atoms with E-state index < -0.39 is 0 Å². The molecular weight excluding hydrogens is 284 g/mol. The van der Waals surface area contributed by atoms with Crippen molar-refractivity contribution in [2.45, 2.75) is 26.4 Å². The molecule has 0 aliphatic carbocycles.